The van der Waals surface area contributed by atoms with Gasteiger partial charge >= 0.3 is 0 Å². The maximum absolute atomic E-state index is 13.9. The van der Waals surface area contributed by atoms with E-state index in [2.05, 4.69) is 10.1 Å². The maximum Gasteiger partial charge on any atom is 0.256 e. The smallest absolute Gasteiger partial charge is 0.256 e. The van der Waals surface area contributed by atoms with Gasteiger partial charge in [0.25, 0.3) is 5.91 Å². The molecule has 0 saturated heterocycles. The van der Waals surface area contributed by atoms with Gasteiger partial charge in [-0.25, -0.2) is 13.9 Å². The zero-order valence-electron chi connectivity index (χ0n) is 10.1. The number of amides is 1. The Bertz CT molecular complexity index is 881. The number of aromatic nitrogens is 3. The number of benzene rings is 1. The van der Waals surface area contributed by atoms with Crippen molar-refractivity contribution in [2.75, 3.05) is 0 Å². The molecule has 0 atom stereocenters. The summed E-state index contributed by atoms with van der Waals surface area (Å²) in [7, 11) is 0. The summed E-state index contributed by atoms with van der Waals surface area (Å²) in [5.74, 6) is -1.36. The van der Waals surface area contributed by atoms with Gasteiger partial charge in [-0.1, -0.05) is 12.1 Å². The first-order chi connectivity index (χ1) is 9.59. The predicted octanol–water partition coefficient (Wildman–Crippen LogP) is 0.928. The first-order valence-electron chi connectivity index (χ1n) is 5.73. The highest BCUT2D eigenvalue weighted by Crippen LogP contribution is 2.22. The van der Waals surface area contributed by atoms with Gasteiger partial charge in [-0.3, -0.25) is 14.7 Å². The van der Waals surface area contributed by atoms with Crippen molar-refractivity contribution < 1.29 is 9.18 Å². The van der Waals surface area contributed by atoms with Gasteiger partial charge in [-0.05, 0) is 12.1 Å². The van der Waals surface area contributed by atoms with E-state index < -0.39 is 17.2 Å². The number of rotatable bonds is 2. The van der Waals surface area contributed by atoms with Crippen molar-refractivity contribution in [2.24, 2.45) is 5.73 Å². The number of carbonyl (C=O) groups excluding carboxylic acids is 1. The van der Waals surface area contributed by atoms with Gasteiger partial charge in [0.2, 0.25) is 0 Å². The van der Waals surface area contributed by atoms with Gasteiger partial charge in [0.05, 0.1) is 5.69 Å². The third kappa shape index (κ3) is 1.68. The van der Waals surface area contributed by atoms with Crippen molar-refractivity contribution in [3.05, 3.63) is 58.3 Å². The molecule has 0 fully saturated rings. The fraction of sp³-hybridized carbons (Fsp3) is 0. The van der Waals surface area contributed by atoms with Gasteiger partial charge in [0.15, 0.2) is 11.1 Å². The van der Waals surface area contributed by atoms with Gasteiger partial charge in [0, 0.05) is 11.6 Å². The number of nitrogens with two attached hydrogens (primary N) is 1. The van der Waals surface area contributed by atoms with Crippen LogP contribution in [-0.2, 0) is 0 Å². The molecule has 3 aromatic rings. The summed E-state index contributed by atoms with van der Waals surface area (Å²) in [6, 6.07) is 7.16. The highest BCUT2D eigenvalue weighted by atomic mass is 19.1. The lowest BCUT2D eigenvalue weighted by molar-refractivity contribution is 0.100. The lowest BCUT2D eigenvalue weighted by Gasteiger charge is -2.07. The van der Waals surface area contributed by atoms with E-state index in [1.54, 1.807) is 12.1 Å². The molecule has 2 aromatic heterocycles. The van der Waals surface area contributed by atoms with E-state index in [1.807, 2.05) is 0 Å². The second-order valence-electron chi connectivity index (χ2n) is 4.16. The summed E-state index contributed by atoms with van der Waals surface area (Å²) in [4.78, 5) is 27.2. The molecule has 6 nitrogen and oxygen atoms in total. The van der Waals surface area contributed by atoms with Crippen molar-refractivity contribution in [3.63, 3.8) is 0 Å². The molecule has 0 saturated carbocycles. The average Bonchev–Trinajstić information content (AvgIpc) is 2.86. The van der Waals surface area contributed by atoms with Crippen LogP contribution in [0.5, 0.6) is 0 Å². The Morgan fingerprint density at radius 3 is 2.80 bits per heavy atom. The first-order valence-corrected chi connectivity index (χ1v) is 5.73. The van der Waals surface area contributed by atoms with Crippen LogP contribution >= 0.6 is 0 Å². The summed E-state index contributed by atoms with van der Waals surface area (Å²) in [5, 5.41) is 2.73. The van der Waals surface area contributed by atoms with E-state index in [0.717, 1.165) is 6.07 Å². The highest BCUT2D eigenvalue weighted by molar-refractivity contribution is 5.99. The zero-order chi connectivity index (χ0) is 14.3. The summed E-state index contributed by atoms with van der Waals surface area (Å²) >= 11 is 0. The molecule has 0 unspecified atom stereocenters. The predicted molar refractivity (Wildman–Crippen MR) is 69.7 cm³/mol. The molecule has 0 bridgehead atoms. The largest absolute Gasteiger partial charge is 0.365 e. The molecule has 0 spiro atoms. The second kappa shape index (κ2) is 4.30. The molecule has 20 heavy (non-hydrogen) atoms. The molecule has 3 rings (SSSR count). The zero-order valence-corrected chi connectivity index (χ0v) is 10.1. The fourth-order valence-corrected chi connectivity index (χ4v) is 2.10. The molecule has 0 aliphatic rings. The number of carbonyl (C=O) groups is 1. The van der Waals surface area contributed by atoms with E-state index in [1.165, 1.54) is 23.0 Å². The number of fused-ring (bicyclic) bond motifs is 1. The van der Waals surface area contributed by atoms with Gasteiger partial charge < -0.3 is 5.73 Å². The average molecular weight is 272 g/mol. The van der Waals surface area contributed by atoms with Crippen LogP contribution in [0.15, 0.2) is 41.5 Å². The van der Waals surface area contributed by atoms with Gasteiger partial charge in [-0.15, -0.1) is 0 Å². The van der Waals surface area contributed by atoms with E-state index >= 15 is 0 Å². The molecule has 2 heterocycles. The summed E-state index contributed by atoms with van der Waals surface area (Å²) in [6.07, 6.45) is 1.30. The first kappa shape index (κ1) is 12.1. The number of H-pyrrole nitrogens is 1. The van der Waals surface area contributed by atoms with Crippen molar-refractivity contribution in [3.8, 4) is 11.3 Å². The molecule has 3 N–H and O–H groups in total. The molecule has 1 amide bonds. The van der Waals surface area contributed by atoms with Gasteiger partial charge in [0.1, 0.15) is 17.7 Å². The molecule has 7 heteroatoms. The van der Waals surface area contributed by atoms with Crippen LogP contribution in [0, 0.1) is 5.82 Å². The Labute approximate surface area is 111 Å². The standard InChI is InChI=1S/C13H9FN4O2/c14-8-4-2-1-3-7(8)9-5-10(19)11(12(15)20)13-16-6-17-18(9)13/h1-6H,(H2,15,20)(H,16,17). The number of hydrogen-bond donors (Lipinski definition) is 2. The summed E-state index contributed by atoms with van der Waals surface area (Å²) in [6.45, 7) is 0. The minimum Gasteiger partial charge on any atom is -0.365 e. The van der Waals surface area contributed by atoms with E-state index in [4.69, 9.17) is 5.73 Å². The summed E-state index contributed by atoms with van der Waals surface area (Å²) < 4.78 is 15.2. The van der Waals surface area contributed by atoms with E-state index in [0.29, 0.717) is 0 Å². The molecular weight excluding hydrogens is 263 g/mol. The number of nitrogens with zero attached hydrogens (tertiary/aromatic N) is 2. The van der Waals surface area contributed by atoms with Crippen molar-refractivity contribution in [1.82, 2.24) is 14.6 Å². The molecule has 0 aliphatic heterocycles. The number of pyridine rings is 1. The molecular formula is C13H9FN4O2. The van der Waals surface area contributed by atoms with Crippen LogP contribution in [-0.4, -0.2) is 20.5 Å². The van der Waals surface area contributed by atoms with E-state index in [9.17, 15) is 14.0 Å². The third-order valence-corrected chi connectivity index (χ3v) is 2.96. The normalized spacial score (nSPS) is 10.8. The van der Waals surface area contributed by atoms with Crippen LogP contribution < -0.4 is 11.2 Å². The van der Waals surface area contributed by atoms with Crippen LogP contribution in [0.3, 0.4) is 0 Å². The lowest BCUT2D eigenvalue weighted by Crippen LogP contribution is -2.23. The number of nitrogens with one attached hydrogen (secondary N) is 1. The molecule has 1 aromatic carbocycles. The minimum atomic E-state index is -0.875. The maximum atomic E-state index is 13.9. The topological polar surface area (TPSA) is 93.3 Å². The fourth-order valence-electron chi connectivity index (χ4n) is 2.10. The minimum absolute atomic E-state index is 0.0725. The second-order valence-corrected chi connectivity index (χ2v) is 4.16. The van der Waals surface area contributed by atoms with Crippen molar-refractivity contribution in [1.29, 1.82) is 0 Å². The van der Waals surface area contributed by atoms with Crippen molar-refractivity contribution in [2.45, 2.75) is 0 Å². The molecule has 0 aliphatic carbocycles. The number of hydrogen-bond acceptors (Lipinski definition) is 3. The Morgan fingerprint density at radius 2 is 2.10 bits per heavy atom. The lowest BCUT2D eigenvalue weighted by atomic mass is 10.1. The van der Waals surface area contributed by atoms with E-state index in [-0.39, 0.29) is 22.5 Å². The Balaban J connectivity index is 2.43. The highest BCUT2D eigenvalue weighted by Gasteiger charge is 2.18. The van der Waals surface area contributed by atoms with Gasteiger partial charge in [-0.2, -0.15) is 0 Å². The SMILES string of the molecule is NC(=O)c1c(=O)cc(-c2ccccc2F)n2[nH]cnc12. The quantitative estimate of drug-likeness (QED) is 0.726. The van der Waals surface area contributed by atoms with Crippen LogP contribution in [0.4, 0.5) is 4.39 Å². The third-order valence-electron chi connectivity index (χ3n) is 2.96. The number of halogens is 1. The van der Waals surface area contributed by atoms with Crippen LogP contribution in [0.2, 0.25) is 0 Å². The number of primary amides is 1. The monoisotopic (exact) mass is 272 g/mol. The number of aromatic amines is 1. The molecule has 0 radical (unpaired) electrons. The summed E-state index contributed by atoms with van der Waals surface area (Å²) in [5.41, 5.74) is 4.92. The van der Waals surface area contributed by atoms with Crippen LogP contribution in [0.1, 0.15) is 10.4 Å². The van der Waals surface area contributed by atoms with Crippen LogP contribution in [0.25, 0.3) is 16.9 Å². The molecule has 100 valence electrons. The Morgan fingerprint density at radius 1 is 1.35 bits per heavy atom. The Kier molecular flexibility index (Phi) is 2.60. The van der Waals surface area contributed by atoms with Crippen molar-refractivity contribution >= 4 is 11.6 Å². The Hall–Kier alpha value is -2.96.